The Morgan fingerprint density at radius 1 is 1.37 bits per heavy atom. The van der Waals surface area contributed by atoms with Crippen molar-refractivity contribution >= 4 is 27.5 Å². The van der Waals surface area contributed by atoms with Gasteiger partial charge in [-0.1, -0.05) is 6.07 Å². The van der Waals surface area contributed by atoms with Crippen molar-refractivity contribution in [2.75, 3.05) is 19.1 Å². The predicted molar refractivity (Wildman–Crippen MR) is 78.8 cm³/mol. The summed E-state index contributed by atoms with van der Waals surface area (Å²) in [5.74, 6) is 0.659. The number of methoxy groups -OCH3 is 1. The minimum Gasteiger partial charge on any atom is -0.497 e. The number of aromatic nitrogens is 1. The Labute approximate surface area is 120 Å². The maximum Gasteiger partial charge on any atom is 0.274 e. The third-order valence-electron chi connectivity index (χ3n) is 2.94. The molecule has 0 atom stereocenters. The minimum absolute atomic E-state index is 0.0681. The fraction of sp³-hybridized carbons (Fsp3) is 0.214. The van der Waals surface area contributed by atoms with Crippen LogP contribution in [0, 0.1) is 0 Å². The lowest BCUT2D eigenvalue weighted by molar-refractivity contribution is 0.0985. The van der Waals surface area contributed by atoms with Crippen molar-refractivity contribution in [3.8, 4) is 5.75 Å². The molecule has 0 bridgehead atoms. The number of benzene rings is 1. The second-order valence-electron chi connectivity index (χ2n) is 4.22. The number of anilines is 1. The topological polar surface area (TPSA) is 34.5 Å². The molecule has 100 valence electrons. The highest BCUT2D eigenvalue weighted by Crippen LogP contribution is 2.22. The van der Waals surface area contributed by atoms with E-state index in [9.17, 15) is 4.79 Å². The molecule has 4 nitrogen and oxygen atoms in total. The molecule has 0 radical (unpaired) electrons. The first-order valence-corrected chi connectivity index (χ1v) is 6.56. The highest BCUT2D eigenvalue weighted by atomic mass is 79.9. The number of ether oxygens (including phenoxy) is 1. The second kappa shape index (κ2) is 5.48. The highest BCUT2D eigenvalue weighted by molar-refractivity contribution is 9.10. The molecule has 1 amide bonds. The smallest absolute Gasteiger partial charge is 0.274 e. The van der Waals surface area contributed by atoms with Gasteiger partial charge in [0.25, 0.3) is 5.91 Å². The lowest BCUT2D eigenvalue weighted by atomic mass is 10.2. The first-order chi connectivity index (χ1) is 9.02. The number of hydrogen-bond acceptors (Lipinski definition) is 2. The van der Waals surface area contributed by atoms with Gasteiger partial charge in [-0.25, -0.2) is 0 Å². The van der Waals surface area contributed by atoms with E-state index in [2.05, 4.69) is 15.9 Å². The van der Waals surface area contributed by atoms with E-state index in [1.165, 1.54) is 0 Å². The summed E-state index contributed by atoms with van der Waals surface area (Å²) in [6, 6.07) is 9.22. The molecule has 0 N–H and O–H groups in total. The zero-order valence-electron chi connectivity index (χ0n) is 11.1. The summed E-state index contributed by atoms with van der Waals surface area (Å²) in [5, 5.41) is 0. The third-order valence-corrected chi connectivity index (χ3v) is 3.37. The molecule has 5 heteroatoms. The number of amides is 1. The average Bonchev–Trinajstić information content (AvgIpc) is 2.76. The maximum atomic E-state index is 12.4. The van der Waals surface area contributed by atoms with E-state index in [1.54, 1.807) is 29.7 Å². The predicted octanol–water partition coefficient (Wildman–Crippen LogP) is 3.07. The van der Waals surface area contributed by atoms with Gasteiger partial charge in [0, 0.05) is 36.5 Å². The third kappa shape index (κ3) is 2.81. The fourth-order valence-electron chi connectivity index (χ4n) is 1.85. The summed E-state index contributed by atoms with van der Waals surface area (Å²) >= 11 is 3.37. The van der Waals surface area contributed by atoms with Crippen molar-refractivity contribution < 1.29 is 9.53 Å². The Bertz CT molecular complexity index is 607. The SMILES string of the molecule is COc1cccc(N(C)C(=O)c2cc(Br)cn2C)c1. The molecule has 0 unspecified atom stereocenters. The summed E-state index contributed by atoms with van der Waals surface area (Å²) in [6.07, 6.45) is 1.85. The molecule has 1 aromatic carbocycles. The Balaban J connectivity index is 2.30. The Hall–Kier alpha value is -1.75. The van der Waals surface area contributed by atoms with E-state index >= 15 is 0 Å². The van der Waals surface area contributed by atoms with E-state index in [0.29, 0.717) is 5.69 Å². The quantitative estimate of drug-likeness (QED) is 0.870. The Morgan fingerprint density at radius 3 is 2.68 bits per heavy atom. The lowest BCUT2D eigenvalue weighted by Gasteiger charge is -2.18. The van der Waals surface area contributed by atoms with Crippen molar-refractivity contribution in [3.63, 3.8) is 0 Å². The van der Waals surface area contributed by atoms with Crippen LogP contribution in [0.25, 0.3) is 0 Å². The van der Waals surface area contributed by atoms with Crippen LogP contribution < -0.4 is 9.64 Å². The lowest BCUT2D eigenvalue weighted by Crippen LogP contribution is -2.27. The van der Waals surface area contributed by atoms with Gasteiger partial charge in [-0.15, -0.1) is 0 Å². The van der Waals surface area contributed by atoms with Gasteiger partial charge in [-0.05, 0) is 34.1 Å². The van der Waals surface area contributed by atoms with Gasteiger partial charge in [0.1, 0.15) is 11.4 Å². The van der Waals surface area contributed by atoms with Gasteiger partial charge in [0.2, 0.25) is 0 Å². The molecular weight excluding hydrogens is 308 g/mol. The monoisotopic (exact) mass is 322 g/mol. The van der Waals surface area contributed by atoms with E-state index in [0.717, 1.165) is 15.9 Å². The fourth-order valence-corrected chi connectivity index (χ4v) is 2.37. The Kier molecular flexibility index (Phi) is 3.95. The Morgan fingerprint density at radius 2 is 2.11 bits per heavy atom. The van der Waals surface area contributed by atoms with Gasteiger partial charge >= 0.3 is 0 Å². The first kappa shape index (κ1) is 13.7. The molecule has 0 aliphatic rings. The molecule has 0 saturated carbocycles. The molecule has 0 aliphatic heterocycles. The van der Waals surface area contributed by atoms with E-state index in [-0.39, 0.29) is 5.91 Å². The van der Waals surface area contributed by atoms with Gasteiger partial charge in [-0.3, -0.25) is 4.79 Å². The standard InChI is InChI=1S/C14H15BrN2O2/c1-16-9-10(15)7-13(16)14(18)17(2)11-5-4-6-12(8-11)19-3/h4-9H,1-3H3. The molecule has 1 aromatic heterocycles. The second-order valence-corrected chi connectivity index (χ2v) is 5.14. The van der Waals surface area contributed by atoms with Crippen LogP contribution in [0.1, 0.15) is 10.5 Å². The van der Waals surface area contributed by atoms with Crippen LogP contribution in [0.3, 0.4) is 0 Å². The average molecular weight is 323 g/mol. The van der Waals surface area contributed by atoms with Crippen molar-refractivity contribution in [3.05, 3.63) is 46.7 Å². The van der Waals surface area contributed by atoms with Crippen LogP contribution in [0.5, 0.6) is 5.75 Å². The molecular formula is C14H15BrN2O2. The number of hydrogen-bond donors (Lipinski definition) is 0. The number of aryl methyl sites for hydroxylation is 1. The molecule has 19 heavy (non-hydrogen) atoms. The molecule has 2 rings (SSSR count). The molecule has 2 aromatic rings. The van der Waals surface area contributed by atoms with Crippen LogP contribution in [0.4, 0.5) is 5.69 Å². The number of carbonyl (C=O) groups excluding carboxylic acids is 1. The van der Waals surface area contributed by atoms with Crippen LogP contribution in [-0.4, -0.2) is 24.6 Å². The molecule has 0 saturated heterocycles. The normalized spacial score (nSPS) is 10.3. The van der Waals surface area contributed by atoms with Crippen molar-refractivity contribution in [1.29, 1.82) is 0 Å². The maximum absolute atomic E-state index is 12.4. The van der Waals surface area contributed by atoms with E-state index in [1.807, 2.05) is 37.5 Å². The highest BCUT2D eigenvalue weighted by Gasteiger charge is 2.17. The van der Waals surface area contributed by atoms with Crippen LogP contribution in [0.2, 0.25) is 0 Å². The molecule has 0 aliphatic carbocycles. The van der Waals surface area contributed by atoms with Crippen LogP contribution >= 0.6 is 15.9 Å². The van der Waals surface area contributed by atoms with Crippen molar-refractivity contribution in [1.82, 2.24) is 4.57 Å². The van der Waals surface area contributed by atoms with Crippen molar-refractivity contribution in [2.24, 2.45) is 7.05 Å². The molecule has 0 fully saturated rings. The first-order valence-electron chi connectivity index (χ1n) is 5.77. The number of nitrogens with zero attached hydrogens (tertiary/aromatic N) is 2. The largest absolute Gasteiger partial charge is 0.497 e. The van der Waals surface area contributed by atoms with Gasteiger partial charge in [0.05, 0.1) is 7.11 Å². The van der Waals surface area contributed by atoms with E-state index < -0.39 is 0 Å². The number of halogens is 1. The summed E-state index contributed by atoms with van der Waals surface area (Å²) in [4.78, 5) is 14.0. The number of rotatable bonds is 3. The summed E-state index contributed by atoms with van der Waals surface area (Å²) in [5.41, 5.74) is 1.42. The zero-order valence-corrected chi connectivity index (χ0v) is 12.6. The minimum atomic E-state index is -0.0681. The zero-order chi connectivity index (χ0) is 14.0. The van der Waals surface area contributed by atoms with E-state index in [4.69, 9.17) is 4.74 Å². The number of carbonyl (C=O) groups is 1. The van der Waals surface area contributed by atoms with Gasteiger partial charge in [-0.2, -0.15) is 0 Å². The van der Waals surface area contributed by atoms with Gasteiger partial charge in [0.15, 0.2) is 0 Å². The molecule has 0 spiro atoms. The van der Waals surface area contributed by atoms with Crippen molar-refractivity contribution in [2.45, 2.75) is 0 Å². The van der Waals surface area contributed by atoms with Crippen LogP contribution in [-0.2, 0) is 7.05 Å². The summed E-state index contributed by atoms with van der Waals surface area (Å²) in [7, 11) is 5.20. The summed E-state index contributed by atoms with van der Waals surface area (Å²) < 4.78 is 7.85. The summed E-state index contributed by atoms with van der Waals surface area (Å²) in [6.45, 7) is 0. The van der Waals surface area contributed by atoms with Gasteiger partial charge < -0.3 is 14.2 Å². The molecule has 1 heterocycles. The van der Waals surface area contributed by atoms with Crippen LogP contribution in [0.15, 0.2) is 41.0 Å².